The first-order chi connectivity index (χ1) is 11.2. The number of benzene rings is 1. The molecule has 1 aliphatic heterocycles. The average Bonchev–Trinajstić information content (AvgIpc) is 3.10. The Kier molecular flexibility index (Phi) is 4.98. The van der Waals surface area contributed by atoms with E-state index < -0.39 is 0 Å². The van der Waals surface area contributed by atoms with E-state index in [9.17, 15) is 4.79 Å². The number of rotatable bonds is 4. The van der Waals surface area contributed by atoms with Crippen LogP contribution in [-0.2, 0) is 0 Å². The number of carbonyl (C=O) groups is 1. The minimum atomic E-state index is -0.280. The van der Waals surface area contributed by atoms with Crippen molar-refractivity contribution in [1.82, 2.24) is 15.5 Å². The van der Waals surface area contributed by atoms with Gasteiger partial charge < -0.3 is 20.0 Å². The quantitative estimate of drug-likeness (QED) is 0.912. The highest BCUT2D eigenvalue weighted by molar-refractivity contribution is 5.75. The first kappa shape index (κ1) is 15.6. The highest BCUT2D eigenvalue weighted by atomic mass is 16.3. The lowest BCUT2D eigenvalue weighted by Gasteiger charge is -2.30. The van der Waals surface area contributed by atoms with Crippen LogP contribution in [-0.4, -0.2) is 37.1 Å². The molecule has 23 heavy (non-hydrogen) atoms. The predicted molar refractivity (Wildman–Crippen MR) is 89.2 cm³/mol. The van der Waals surface area contributed by atoms with Crippen LogP contribution in [0.15, 0.2) is 53.1 Å². The predicted octanol–water partition coefficient (Wildman–Crippen LogP) is 2.76. The molecule has 1 aliphatic rings. The fourth-order valence-corrected chi connectivity index (χ4v) is 2.93. The molecule has 1 aromatic carbocycles. The van der Waals surface area contributed by atoms with Crippen molar-refractivity contribution in [2.75, 3.05) is 20.1 Å². The Morgan fingerprint density at radius 2 is 1.91 bits per heavy atom. The number of nitrogens with one attached hydrogen (secondary N) is 2. The summed E-state index contributed by atoms with van der Waals surface area (Å²) in [5, 5.41) is 6.12. The number of hydrogen-bond donors (Lipinski definition) is 2. The van der Waals surface area contributed by atoms with Crippen LogP contribution < -0.4 is 10.6 Å². The van der Waals surface area contributed by atoms with Gasteiger partial charge >= 0.3 is 6.03 Å². The van der Waals surface area contributed by atoms with Crippen LogP contribution in [0, 0.1) is 0 Å². The second-order valence-corrected chi connectivity index (χ2v) is 6.05. The zero-order chi connectivity index (χ0) is 16.1. The van der Waals surface area contributed by atoms with Gasteiger partial charge in [-0.2, -0.15) is 0 Å². The number of amides is 2. The average molecular weight is 313 g/mol. The number of nitrogens with zero attached hydrogens (tertiary/aromatic N) is 1. The molecule has 0 aliphatic carbocycles. The fourth-order valence-electron chi connectivity index (χ4n) is 2.93. The highest BCUT2D eigenvalue weighted by Gasteiger charge is 2.22. The van der Waals surface area contributed by atoms with Crippen LogP contribution in [0.4, 0.5) is 4.79 Å². The molecule has 2 aromatic rings. The Hall–Kier alpha value is -2.27. The summed E-state index contributed by atoms with van der Waals surface area (Å²) in [6.45, 7) is 2.04. The van der Waals surface area contributed by atoms with Crippen molar-refractivity contribution in [3.05, 3.63) is 60.1 Å². The Balaban J connectivity index is 1.65. The third-order valence-corrected chi connectivity index (χ3v) is 4.29. The molecule has 1 fully saturated rings. The van der Waals surface area contributed by atoms with Crippen molar-refractivity contribution in [3.8, 4) is 0 Å². The molecule has 0 radical (unpaired) electrons. The number of furan rings is 1. The van der Waals surface area contributed by atoms with Crippen molar-refractivity contribution in [3.63, 3.8) is 0 Å². The summed E-state index contributed by atoms with van der Waals surface area (Å²) in [5.41, 5.74) is 1.00. The zero-order valence-corrected chi connectivity index (χ0v) is 13.4. The Bertz CT molecular complexity index is 604. The molecule has 3 rings (SSSR count). The van der Waals surface area contributed by atoms with E-state index in [0.717, 1.165) is 37.3 Å². The van der Waals surface area contributed by atoms with Crippen LogP contribution in [0.25, 0.3) is 0 Å². The third-order valence-electron chi connectivity index (χ3n) is 4.29. The summed E-state index contributed by atoms with van der Waals surface area (Å²) in [4.78, 5) is 14.7. The number of carbonyl (C=O) groups excluding carboxylic acids is 1. The summed E-state index contributed by atoms with van der Waals surface area (Å²) in [7, 11) is 2.11. The molecule has 2 N–H and O–H groups in total. The fraction of sp³-hybridized carbons (Fsp3) is 0.389. The molecule has 2 heterocycles. The molecular weight excluding hydrogens is 290 g/mol. The van der Waals surface area contributed by atoms with E-state index in [0.29, 0.717) is 0 Å². The second kappa shape index (κ2) is 7.33. The summed E-state index contributed by atoms with van der Waals surface area (Å²) in [6, 6.07) is 13.4. The standard InChI is InChI=1S/C18H23N3O2/c1-21-11-9-15(10-12-21)19-18(22)20-17(16-8-5-13-23-16)14-6-3-2-4-7-14/h2-8,13,15,17H,9-12H2,1H3,(H2,19,20,22). The van der Waals surface area contributed by atoms with Gasteiger partial charge in [0.05, 0.1) is 6.26 Å². The van der Waals surface area contributed by atoms with E-state index in [4.69, 9.17) is 4.42 Å². The van der Waals surface area contributed by atoms with Crippen molar-refractivity contribution >= 4 is 6.03 Å². The molecule has 0 spiro atoms. The van der Waals surface area contributed by atoms with Crippen LogP contribution in [0.1, 0.15) is 30.2 Å². The summed E-state index contributed by atoms with van der Waals surface area (Å²) in [5.74, 6) is 0.731. The first-order valence-electron chi connectivity index (χ1n) is 8.06. The number of piperidine rings is 1. The zero-order valence-electron chi connectivity index (χ0n) is 13.4. The van der Waals surface area contributed by atoms with Gasteiger partial charge in [-0.25, -0.2) is 4.79 Å². The van der Waals surface area contributed by atoms with Crippen LogP contribution in [0.2, 0.25) is 0 Å². The molecule has 2 amide bonds. The second-order valence-electron chi connectivity index (χ2n) is 6.05. The van der Waals surface area contributed by atoms with E-state index in [1.54, 1.807) is 6.26 Å². The van der Waals surface area contributed by atoms with E-state index in [1.807, 2.05) is 42.5 Å². The van der Waals surface area contributed by atoms with Gasteiger partial charge in [-0.1, -0.05) is 30.3 Å². The molecule has 5 nitrogen and oxygen atoms in total. The maximum Gasteiger partial charge on any atom is 0.315 e. The maximum absolute atomic E-state index is 12.4. The molecule has 5 heteroatoms. The number of urea groups is 1. The number of hydrogen-bond acceptors (Lipinski definition) is 3. The first-order valence-corrected chi connectivity index (χ1v) is 8.06. The molecule has 1 saturated heterocycles. The lowest BCUT2D eigenvalue weighted by atomic mass is 10.0. The smallest absolute Gasteiger partial charge is 0.315 e. The minimum Gasteiger partial charge on any atom is -0.467 e. The van der Waals surface area contributed by atoms with E-state index in [1.165, 1.54) is 0 Å². The molecular formula is C18H23N3O2. The lowest BCUT2D eigenvalue weighted by molar-refractivity contribution is 0.211. The lowest BCUT2D eigenvalue weighted by Crippen LogP contribution is -2.47. The summed E-state index contributed by atoms with van der Waals surface area (Å²) >= 11 is 0. The van der Waals surface area contributed by atoms with Crippen LogP contribution >= 0.6 is 0 Å². The Morgan fingerprint density at radius 3 is 2.57 bits per heavy atom. The largest absolute Gasteiger partial charge is 0.467 e. The van der Waals surface area contributed by atoms with Crippen molar-refractivity contribution in [2.45, 2.75) is 24.9 Å². The molecule has 0 bridgehead atoms. The SMILES string of the molecule is CN1CCC(NC(=O)NC(c2ccccc2)c2ccco2)CC1. The monoisotopic (exact) mass is 313 g/mol. The normalized spacial score (nSPS) is 17.6. The van der Waals surface area contributed by atoms with Crippen molar-refractivity contribution in [1.29, 1.82) is 0 Å². The van der Waals surface area contributed by atoms with Gasteiger partial charge in [0.15, 0.2) is 0 Å². The summed E-state index contributed by atoms with van der Waals surface area (Å²) in [6.07, 6.45) is 3.60. The van der Waals surface area contributed by atoms with Gasteiger partial charge in [-0.15, -0.1) is 0 Å². The summed E-state index contributed by atoms with van der Waals surface area (Å²) < 4.78 is 5.51. The topological polar surface area (TPSA) is 57.5 Å². The third kappa shape index (κ3) is 4.13. The van der Waals surface area contributed by atoms with Gasteiger partial charge in [-0.3, -0.25) is 0 Å². The molecule has 122 valence electrons. The maximum atomic E-state index is 12.4. The van der Waals surface area contributed by atoms with Gasteiger partial charge in [0.25, 0.3) is 0 Å². The van der Waals surface area contributed by atoms with E-state index in [2.05, 4.69) is 22.6 Å². The number of likely N-dealkylation sites (tertiary alicyclic amines) is 1. The van der Waals surface area contributed by atoms with Gasteiger partial charge in [0.1, 0.15) is 11.8 Å². The Labute approximate surface area is 136 Å². The highest BCUT2D eigenvalue weighted by Crippen LogP contribution is 2.22. The molecule has 1 aromatic heterocycles. The molecule has 1 atom stereocenters. The van der Waals surface area contributed by atoms with Gasteiger partial charge in [0.2, 0.25) is 0 Å². The Morgan fingerprint density at radius 1 is 1.17 bits per heavy atom. The van der Waals surface area contributed by atoms with Crippen LogP contribution in [0.3, 0.4) is 0 Å². The van der Waals surface area contributed by atoms with Crippen LogP contribution in [0.5, 0.6) is 0 Å². The van der Waals surface area contributed by atoms with Gasteiger partial charge in [0, 0.05) is 6.04 Å². The van der Waals surface area contributed by atoms with Gasteiger partial charge in [-0.05, 0) is 50.7 Å². The van der Waals surface area contributed by atoms with E-state index >= 15 is 0 Å². The molecule has 0 saturated carbocycles. The van der Waals surface area contributed by atoms with Crippen molar-refractivity contribution in [2.24, 2.45) is 0 Å². The molecule has 1 unspecified atom stereocenters. The minimum absolute atomic E-state index is 0.148. The van der Waals surface area contributed by atoms with Crippen molar-refractivity contribution < 1.29 is 9.21 Å². The van der Waals surface area contributed by atoms with E-state index in [-0.39, 0.29) is 18.1 Å².